The highest BCUT2D eigenvalue weighted by Crippen LogP contribution is 2.21. The molecular formula is C25H41N5O9. The molecule has 1 rings (SSSR count). The molecule has 0 radical (unpaired) electrons. The van der Waals surface area contributed by atoms with Gasteiger partial charge in [0.2, 0.25) is 11.9 Å². The number of alkyl carbamates (subject to hydrolysis) is 2. The maximum atomic E-state index is 13.0. The molecule has 0 aliphatic carbocycles. The number of carbonyl (C=O) groups is 6. The van der Waals surface area contributed by atoms with Crippen LogP contribution < -0.4 is 10.6 Å². The van der Waals surface area contributed by atoms with E-state index in [1.165, 1.54) is 0 Å². The van der Waals surface area contributed by atoms with Crippen LogP contribution in [-0.2, 0) is 28.6 Å². The number of rotatable bonds is 4. The molecular weight excluding hydrogens is 514 g/mol. The number of nitrogens with zero attached hydrogens (tertiary/aromatic N) is 3. The molecule has 0 aromatic carbocycles. The number of guanidine groups is 1. The zero-order valence-corrected chi connectivity index (χ0v) is 24.4. The Morgan fingerprint density at radius 3 is 1.72 bits per heavy atom. The first-order valence-corrected chi connectivity index (χ1v) is 12.5. The fourth-order valence-corrected chi connectivity index (χ4v) is 3.20. The van der Waals surface area contributed by atoms with Crippen molar-refractivity contribution in [2.75, 3.05) is 13.1 Å². The quantitative estimate of drug-likeness (QED) is 0.229. The van der Waals surface area contributed by atoms with E-state index in [1.54, 1.807) is 62.3 Å². The first kappa shape index (κ1) is 33.3. The fourth-order valence-electron chi connectivity index (χ4n) is 3.20. The van der Waals surface area contributed by atoms with E-state index in [0.29, 0.717) is 0 Å². The first-order valence-electron chi connectivity index (χ1n) is 12.5. The van der Waals surface area contributed by atoms with Crippen molar-refractivity contribution >= 4 is 42.0 Å². The zero-order valence-electron chi connectivity index (χ0n) is 24.4. The van der Waals surface area contributed by atoms with Gasteiger partial charge in [-0.1, -0.05) is 0 Å². The number of ether oxygens (including phenoxy) is 3. The molecule has 0 aromatic rings. The minimum atomic E-state index is -1.30. The maximum Gasteiger partial charge on any atom is 0.417 e. The lowest BCUT2D eigenvalue weighted by Crippen LogP contribution is -2.63. The number of hydrogen-bond acceptors (Lipinski definition) is 10. The number of nitrogens with one attached hydrogen (secondary N) is 2. The van der Waals surface area contributed by atoms with Crippen LogP contribution in [0, 0.1) is 0 Å². The molecule has 1 fully saturated rings. The molecule has 1 heterocycles. The first-order chi connectivity index (χ1) is 17.6. The summed E-state index contributed by atoms with van der Waals surface area (Å²) in [4.78, 5) is 80.5. The van der Waals surface area contributed by atoms with Crippen LogP contribution in [0.1, 0.15) is 82.1 Å². The highest BCUT2D eigenvalue weighted by molar-refractivity contribution is 6.09. The smallest absolute Gasteiger partial charge is 0.417 e. The fraction of sp³-hybridized carbons (Fsp3) is 0.720. The van der Waals surface area contributed by atoms with E-state index < -0.39 is 65.4 Å². The van der Waals surface area contributed by atoms with Crippen molar-refractivity contribution in [1.82, 2.24) is 20.4 Å². The number of imide groups is 2. The van der Waals surface area contributed by atoms with Crippen molar-refractivity contribution in [3.05, 3.63) is 0 Å². The molecule has 0 bridgehead atoms. The number of piperazine rings is 1. The van der Waals surface area contributed by atoms with Gasteiger partial charge in [-0.3, -0.25) is 34.9 Å². The van der Waals surface area contributed by atoms with E-state index in [9.17, 15) is 28.8 Å². The summed E-state index contributed by atoms with van der Waals surface area (Å²) >= 11 is 0. The van der Waals surface area contributed by atoms with Crippen molar-refractivity contribution in [2.45, 2.75) is 105 Å². The van der Waals surface area contributed by atoms with Crippen LogP contribution in [0.5, 0.6) is 0 Å². The summed E-state index contributed by atoms with van der Waals surface area (Å²) < 4.78 is 15.7. The van der Waals surface area contributed by atoms with Gasteiger partial charge < -0.3 is 14.2 Å². The van der Waals surface area contributed by atoms with Crippen molar-refractivity contribution < 1.29 is 43.0 Å². The van der Waals surface area contributed by atoms with Gasteiger partial charge in [0, 0.05) is 13.5 Å². The third-order valence-corrected chi connectivity index (χ3v) is 4.54. The van der Waals surface area contributed by atoms with Gasteiger partial charge in [0.05, 0.1) is 0 Å². The average Bonchev–Trinajstić information content (AvgIpc) is 2.68. The predicted molar refractivity (Wildman–Crippen MR) is 140 cm³/mol. The van der Waals surface area contributed by atoms with Crippen LogP contribution >= 0.6 is 0 Å². The highest BCUT2D eigenvalue weighted by atomic mass is 16.6. The summed E-state index contributed by atoms with van der Waals surface area (Å²) in [5.74, 6) is -2.38. The highest BCUT2D eigenvalue weighted by Gasteiger charge is 2.45. The monoisotopic (exact) mass is 555 g/mol. The lowest BCUT2D eigenvalue weighted by atomic mass is 10.0. The Balaban J connectivity index is 3.09. The van der Waals surface area contributed by atoms with Gasteiger partial charge in [0.15, 0.2) is 0 Å². The minimum Gasteiger partial charge on any atom is -0.444 e. The predicted octanol–water partition coefficient (Wildman–Crippen LogP) is 2.69. The van der Waals surface area contributed by atoms with E-state index in [1.807, 2.05) is 0 Å². The lowest BCUT2D eigenvalue weighted by Gasteiger charge is -2.38. The van der Waals surface area contributed by atoms with Gasteiger partial charge >= 0.3 is 18.3 Å². The maximum absolute atomic E-state index is 13.0. The molecule has 0 spiro atoms. The van der Waals surface area contributed by atoms with Gasteiger partial charge in [0.25, 0.3) is 11.8 Å². The van der Waals surface area contributed by atoms with Crippen LogP contribution in [0.25, 0.3) is 0 Å². The van der Waals surface area contributed by atoms with Gasteiger partial charge in [0.1, 0.15) is 29.4 Å². The Hall–Kier alpha value is -3.71. The normalized spacial score (nSPS) is 16.3. The van der Waals surface area contributed by atoms with E-state index >= 15 is 0 Å². The molecule has 2 N–H and O–H groups in total. The van der Waals surface area contributed by atoms with Crippen molar-refractivity contribution in [3.8, 4) is 0 Å². The van der Waals surface area contributed by atoms with Crippen molar-refractivity contribution in [3.63, 3.8) is 0 Å². The van der Waals surface area contributed by atoms with Crippen molar-refractivity contribution in [1.29, 1.82) is 0 Å². The van der Waals surface area contributed by atoms with Crippen LogP contribution in [-0.4, -0.2) is 87.7 Å². The third kappa shape index (κ3) is 12.1. The average molecular weight is 556 g/mol. The molecule has 1 unspecified atom stereocenters. The summed E-state index contributed by atoms with van der Waals surface area (Å²) in [5.41, 5.74) is -2.56. The standard InChI is InChI=1S/C25H41N5O9/c1-15(31)29-14-17(32)30(22(36)39-25(8,9)10)16(18(29)33)12-11-13-26-19(27-20(34)37-23(2,3)4)28-21(35)38-24(5,6)7/h16H,11-14H2,1-10H3,(H2,26,27,28,34,35). The molecule has 39 heavy (non-hydrogen) atoms. The Labute approximate surface area is 228 Å². The summed E-state index contributed by atoms with van der Waals surface area (Å²) in [6, 6.07) is -1.30. The number of aliphatic imine (C=N–C) groups is 1. The summed E-state index contributed by atoms with van der Waals surface area (Å²) in [6.07, 6.45) is -2.71. The van der Waals surface area contributed by atoms with Gasteiger partial charge in [-0.15, -0.1) is 0 Å². The topological polar surface area (TPSA) is 173 Å². The number of amides is 6. The van der Waals surface area contributed by atoms with Gasteiger partial charge in [-0.05, 0) is 75.2 Å². The second kappa shape index (κ2) is 12.9. The van der Waals surface area contributed by atoms with Crippen LogP contribution in [0.2, 0.25) is 0 Å². The molecule has 1 aliphatic rings. The summed E-state index contributed by atoms with van der Waals surface area (Å²) in [6.45, 7) is 15.3. The zero-order chi connectivity index (χ0) is 30.3. The van der Waals surface area contributed by atoms with Gasteiger partial charge in [-0.25, -0.2) is 19.3 Å². The summed E-state index contributed by atoms with van der Waals surface area (Å²) in [5, 5.41) is 4.68. The number of hydrogen-bond donors (Lipinski definition) is 2. The molecule has 0 aromatic heterocycles. The van der Waals surface area contributed by atoms with Crippen LogP contribution in [0.15, 0.2) is 4.99 Å². The molecule has 14 heteroatoms. The molecule has 0 saturated carbocycles. The lowest BCUT2D eigenvalue weighted by molar-refractivity contribution is -0.160. The molecule has 220 valence electrons. The van der Waals surface area contributed by atoms with E-state index in [2.05, 4.69) is 15.6 Å². The van der Waals surface area contributed by atoms with Crippen LogP contribution in [0.4, 0.5) is 14.4 Å². The second-order valence-electron chi connectivity index (χ2n) is 11.8. The molecule has 6 amide bonds. The van der Waals surface area contributed by atoms with E-state index in [4.69, 9.17) is 14.2 Å². The third-order valence-electron chi connectivity index (χ3n) is 4.54. The Bertz CT molecular complexity index is 971. The van der Waals surface area contributed by atoms with E-state index in [-0.39, 0.29) is 25.3 Å². The Morgan fingerprint density at radius 1 is 0.846 bits per heavy atom. The Morgan fingerprint density at radius 2 is 1.31 bits per heavy atom. The molecule has 1 saturated heterocycles. The summed E-state index contributed by atoms with van der Waals surface area (Å²) in [7, 11) is 0. The van der Waals surface area contributed by atoms with Crippen LogP contribution in [0.3, 0.4) is 0 Å². The minimum absolute atomic E-state index is 0.0544. The number of carbonyl (C=O) groups excluding carboxylic acids is 6. The second-order valence-corrected chi connectivity index (χ2v) is 11.8. The Kier molecular flexibility index (Phi) is 11.0. The largest absolute Gasteiger partial charge is 0.444 e. The van der Waals surface area contributed by atoms with E-state index in [0.717, 1.165) is 16.7 Å². The molecule has 1 aliphatic heterocycles. The van der Waals surface area contributed by atoms with Gasteiger partial charge in [-0.2, -0.15) is 0 Å². The van der Waals surface area contributed by atoms with Crippen molar-refractivity contribution in [2.24, 2.45) is 4.99 Å². The SMILES string of the molecule is CC(=O)N1CC(=O)N(C(=O)OC(C)(C)C)C(CCCN=C(NC(=O)OC(C)(C)C)NC(=O)OC(C)(C)C)C1=O. The molecule has 1 atom stereocenters. The molecule has 14 nitrogen and oxygen atoms in total.